The van der Waals surface area contributed by atoms with Crippen LogP contribution < -0.4 is 0 Å². The molecule has 2 aromatic heterocycles. The molecule has 0 radical (unpaired) electrons. The highest BCUT2D eigenvalue weighted by Gasteiger charge is 2.22. The molecule has 0 spiro atoms. The molecule has 46 heavy (non-hydrogen) atoms. The molecule has 0 aliphatic rings. The second-order valence-corrected chi connectivity index (χ2v) is 11.1. The van der Waals surface area contributed by atoms with Crippen LogP contribution in [-0.2, 0) is 0 Å². The van der Waals surface area contributed by atoms with Gasteiger partial charge in [0.05, 0.1) is 56.9 Å². The van der Waals surface area contributed by atoms with Gasteiger partial charge in [-0.15, -0.1) is 0 Å². The van der Waals surface area contributed by atoms with E-state index in [4.69, 9.17) is 15.0 Å². The number of rotatable bonds is 4. The number of para-hydroxylation sites is 1. The average molecular weight is 586 g/mol. The van der Waals surface area contributed by atoms with Crippen molar-refractivity contribution in [2.45, 2.75) is 0 Å². The van der Waals surface area contributed by atoms with Crippen LogP contribution in [0.1, 0.15) is 11.1 Å². The zero-order valence-electron chi connectivity index (χ0n) is 24.5. The lowest BCUT2D eigenvalue weighted by molar-refractivity contribution is 1.30. The van der Waals surface area contributed by atoms with Gasteiger partial charge in [-0.3, -0.25) is 0 Å². The van der Waals surface area contributed by atoms with Gasteiger partial charge in [-0.2, -0.15) is 10.5 Å². The Bertz CT molecular complexity index is 2500. The highest BCUT2D eigenvalue weighted by Crippen LogP contribution is 2.43. The van der Waals surface area contributed by atoms with Crippen LogP contribution in [0.25, 0.3) is 77.6 Å². The van der Waals surface area contributed by atoms with Crippen molar-refractivity contribution in [2.24, 2.45) is 0 Å². The molecule has 0 amide bonds. The molecule has 2 heterocycles. The number of aromatic nitrogens is 3. The molecule has 0 atom stereocenters. The Balaban J connectivity index is 1.62. The van der Waals surface area contributed by atoms with Gasteiger partial charge in [-0.1, -0.05) is 109 Å². The van der Waals surface area contributed by atoms with Gasteiger partial charge in [-0.05, 0) is 35.9 Å². The number of nitriles is 2. The molecule has 8 aromatic rings. The summed E-state index contributed by atoms with van der Waals surface area (Å²) in [5.74, 6) is 0. The number of hydrogen-bond donors (Lipinski definition) is 0. The summed E-state index contributed by atoms with van der Waals surface area (Å²) < 4.78 is 0. The first kappa shape index (κ1) is 26.9. The Morgan fingerprint density at radius 2 is 0.913 bits per heavy atom. The van der Waals surface area contributed by atoms with E-state index in [1.54, 1.807) is 6.07 Å². The standard InChI is InChI=1S/C41H23N5/c42-24-26-20-27(25-43)22-31(21-26)33-23-34-36(32-18-10-11-19-35(32)44-37(34)28-12-4-1-5-13-28)41-40(33)45-38(29-14-6-2-7-15-29)39(46-41)30-16-8-3-9-17-30/h1-23H. The molecule has 0 saturated carbocycles. The van der Waals surface area contributed by atoms with E-state index in [9.17, 15) is 10.5 Å². The van der Waals surface area contributed by atoms with Crippen LogP contribution in [-0.4, -0.2) is 15.0 Å². The summed E-state index contributed by atoms with van der Waals surface area (Å²) >= 11 is 0. The third-order valence-corrected chi connectivity index (χ3v) is 8.25. The first-order chi connectivity index (χ1) is 22.7. The zero-order chi connectivity index (χ0) is 31.0. The molecule has 0 aliphatic heterocycles. The van der Waals surface area contributed by atoms with E-state index in [0.717, 1.165) is 72.1 Å². The number of fused-ring (bicyclic) bond motifs is 5. The topological polar surface area (TPSA) is 86.2 Å². The molecule has 0 unspecified atom stereocenters. The normalized spacial score (nSPS) is 11.0. The van der Waals surface area contributed by atoms with Crippen molar-refractivity contribution in [2.75, 3.05) is 0 Å². The monoisotopic (exact) mass is 585 g/mol. The van der Waals surface area contributed by atoms with Crippen molar-refractivity contribution in [3.05, 3.63) is 151 Å². The first-order valence-corrected chi connectivity index (χ1v) is 14.9. The van der Waals surface area contributed by atoms with Crippen molar-refractivity contribution in [3.63, 3.8) is 0 Å². The number of hydrogen-bond acceptors (Lipinski definition) is 5. The van der Waals surface area contributed by atoms with E-state index < -0.39 is 0 Å². The minimum atomic E-state index is 0.402. The lowest BCUT2D eigenvalue weighted by Gasteiger charge is -2.18. The highest BCUT2D eigenvalue weighted by atomic mass is 14.8. The van der Waals surface area contributed by atoms with Crippen molar-refractivity contribution in [3.8, 4) is 57.0 Å². The fourth-order valence-corrected chi connectivity index (χ4v) is 6.18. The number of pyridine rings is 1. The van der Waals surface area contributed by atoms with Crippen LogP contribution in [0.4, 0.5) is 0 Å². The fraction of sp³-hybridized carbons (Fsp3) is 0. The maximum atomic E-state index is 9.88. The molecule has 0 bridgehead atoms. The summed E-state index contributed by atoms with van der Waals surface area (Å²) in [5.41, 5.74) is 9.77. The van der Waals surface area contributed by atoms with Crippen LogP contribution >= 0.6 is 0 Å². The number of benzene rings is 6. The van der Waals surface area contributed by atoms with Crippen LogP contribution in [0.15, 0.2) is 140 Å². The SMILES string of the molecule is N#Cc1cc(C#N)cc(-c2cc3c(-c4ccccc4)nc4ccccc4c3c3nc(-c4ccccc4)c(-c4ccccc4)nc23)c1. The molecule has 212 valence electrons. The van der Waals surface area contributed by atoms with Crippen molar-refractivity contribution in [1.29, 1.82) is 10.5 Å². The summed E-state index contributed by atoms with van der Waals surface area (Å²) in [7, 11) is 0. The smallest absolute Gasteiger partial charge is 0.0992 e. The predicted octanol–water partition coefficient (Wildman–Crippen LogP) is 9.74. The molecule has 0 saturated heterocycles. The summed E-state index contributed by atoms with van der Waals surface area (Å²) in [6.45, 7) is 0. The van der Waals surface area contributed by atoms with E-state index in [-0.39, 0.29) is 0 Å². The summed E-state index contributed by atoms with van der Waals surface area (Å²) in [5, 5.41) is 22.6. The molecule has 8 rings (SSSR count). The first-order valence-electron chi connectivity index (χ1n) is 14.9. The second kappa shape index (κ2) is 11.1. The number of nitrogens with zero attached hydrogens (tertiary/aromatic N) is 5. The molecule has 6 aromatic carbocycles. The summed E-state index contributed by atoms with van der Waals surface area (Å²) in [4.78, 5) is 16.1. The molecular formula is C41H23N5. The fourth-order valence-electron chi connectivity index (χ4n) is 6.18. The van der Waals surface area contributed by atoms with Gasteiger partial charge < -0.3 is 0 Å². The molecular weight excluding hydrogens is 562 g/mol. The van der Waals surface area contributed by atoms with E-state index >= 15 is 0 Å². The van der Waals surface area contributed by atoms with Crippen molar-refractivity contribution < 1.29 is 0 Å². The maximum absolute atomic E-state index is 9.88. The van der Waals surface area contributed by atoms with Gasteiger partial charge in [-0.25, -0.2) is 15.0 Å². The van der Waals surface area contributed by atoms with Gasteiger partial charge in [0.25, 0.3) is 0 Å². The Hall–Kier alpha value is -6.69. The highest BCUT2D eigenvalue weighted by molar-refractivity contribution is 6.24. The van der Waals surface area contributed by atoms with E-state index in [1.807, 2.05) is 97.1 Å². The quantitative estimate of drug-likeness (QED) is 0.192. The van der Waals surface area contributed by atoms with E-state index in [2.05, 4.69) is 48.5 Å². The van der Waals surface area contributed by atoms with Gasteiger partial charge in [0.15, 0.2) is 0 Å². The van der Waals surface area contributed by atoms with Crippen molar-refractivity contribution >= 4 is 32.7 Å². The van der Waals surface area contributed by atoms with Crippen LogP contribution in [0.2, 0.25) is 0 Å². The molecule has 0 N–H and O–H groups in total. The Labute approximate surface area is 265 Å². The molecule has 5 heteroatoms. The zero-order valence-corrected chi connectivity index (χ0v) is 24.5. The Morgan fingerprint density at radius 1 is 0.413 bits per heavy atom. The average Bonchev–Trinajstić information content (AvgIpc) is 3.14. The minimum absolute atomic E-state index is 0.402. The van der Waals surface area contributed by atoms with Crippen LogP contribution in [0.5, 0.6) is 0 Å². The molecule has 5 nitrogen and oxygen atoms in total. The van der Waals surface area contributed by atoms with Crippen LogP contribution in [0, 0.1) is 22.7 Å². The third kappa shape index (κ3) is 4.52. The second-order valence-electron chi connectivity index (χ2n) is 11.1. The lowest BCUT2D eigenvalue weighted by Crippen LogP contribution is -2.00. The van der Waals surface area contributed by atoms with Crippen molar-refractivity contribution in [1.82, 2.24) is 15.0 Å². The molecule has 0 aliphatic carbocycles. The Morgan fingerprint density at radius 3 is 1.48 bits per heavy atom. The third-order valence-electron chi connectivity index (χ3n) is 8.25. The van der Waals surface area contributed by atoms with Crippen LogP contribution in [0.3, 0.4) is 0 Å². The maximum Gasteiger partial charge on any atom is 0.0992 e. The van der Waals surface area contributed by atoms with E-state index in [0.29, 0.717) is 16.6 Å². The minimum Gasteiger partial charge on any atom is -0.247 e. The van der Waals surface area contributed by atoms with E-state index in [1.165, 1.54) is 0 Å². The predicted molar refractivity (Wildman–Crippen MR) is 184 cm³/mol. The summed E-state index contributed by atoms with van der Waals surface area (Å²) in [6.07, 6.45) is 0. The largest absolute Gasteiger partial charge is 0.247 e. The molecule has 0 fully saturated rings. The van der Waals surface area contributed by atoms with Gasteiger partial charge >= 0.3 is 0 Å². The van der Waals surface area contributed by atoms with Gasteiger partial charge in [0, 0.05) is 38.4 Å². The van der Waals surface area contributed by atoms with Gasteiger partial charge in [0.1, 0.15) is 0 Å². The summed E-state index contributed by atoms with van der Waals surface area (Å²) in [6, 6.07) is 50.2. The Kier molecular flexibility index (Phi) is 6.49. The lowest BCUT2D eigenvalue weighted by atomic mass is 9.92. The van der Waals surface area contributed by atoms with Gasteiger partial charge in [0.2, 0.25) is 0 Å².